The zero-order valence-electron chi connectivity index (χ0n) is 25.4. The van der Waals surface area contributed by atoms with Crippen LogP contribution in [-0.4, -0.2) is 71.4 Å². The molecule has 2 saturated heterocycles. The molecule has 12 heteroatoms. The summed E-state index contributed by atoms with van der Waals surface area (Å²) >= 11 is 6.86. The van der Waals surface area contributed by atoms with Gasteiger partial charge in [-0.3, -0.25) is 0 Å². The number of carboxylic acid groups (broad SMARTS) is 2. The summed E-state index contributed by atoms with van der Waals surface area (Å²) in [4.78, 5) is 24.3. The van der Waals surface area contributed by atoms with Crippen molar-refractivity contribution in [3.05, 3.63) is 80.7 Å². The Morgan fingerprint density at radius 1 is 0.630 bits per heavy atom. The summed E-state index contributed by atoms with van der Waals surface area (Å²) in [5, 5.41) is 23.0. The van der Waals surface area contributed by atoms with Gasteiger partial charge in [-0.15, -0.1) is 0 Å². The van der Waals surface area contributed by atoms with Crippen LogP contribution in [-0.2, 0) is 18.9 Å². The van der Waals surface area contributed by atoms with Gasteiger partial charge in [0.2, 0.25) is 0 Å². The molecular weight excluding hydrogens is 728 g/mol. The molecule has 6 rings (SSSR count). The van der Waals surface area contributed by atoms with Crippen molar-refractivity contribution in [2.75, 3.05) is 13.2 Å². The van der Waals surface area contributed by atoms with Gasteiger partial charge in [0, 0.05) is 8.95 Å². The average molecular weight is 760 g/mol. The summed E-state index contributed by atoms with van der Waals surface area (Å²) in [6, 6.07) is 17.7. The van der Waals surface area contributed by atoms with E-state index in [1.165, 1.54) is 0 Å². The molecule has 0 aromatic heterocycles. The Kier molecular flexibility index (Phi) is 8.81. The maximum Gasteiger partial charge on any atom is 0.339 e. The molecule has 4 aromatic carbocycles. The molecule has 2 heterocycles. The summed E-state index contributed by atoms with van der Waals surface area (Å²) in [6.45, 7) is 7.03. The van der Waals surface area contributed by atoms with E-state index in [9.17, 15) is 19.8 Å². The van der Waals surface area contributed by atoms with Gasteiger partial charge >= 0.3 is 11.9 Å². The Balaban J connectivity index is 1.24. The number of hydrogen-bond donors (Lipinski definition) is 2. The highest BCUT2D eigenvalue weighted by Gasteiger charge is 2.54. The number of carbonyl (C=O) groups is 2. The second kappa shape index (κ2) is 12.4. The van der Waals surface area contributed by atoms with Crippen LogP contribution in [0.2, 0.25) is 0 Å². The predicted octanol–water partition coefficient (Wildman–Crippen LogP) is 7.41. The summed E-state index contributed by atoms with van der Waals surface area (Å²) in [6.07, 6.45) is -2.72. The SMILES string of the molecule is CC1(C)O[C@@H]([C@H]2OC(C)(C)O[C@@H]2COc2cc3ccc(Br)cc3cc2C(=O)O)[C@H](COc2cc3ccc(Br)cc3cc2C(=O)O)O1. The Morgan fingerprint density at radius 3 is 1.39 bits per heavy atom. The number of rotatable bonds is 9. The van der Waals surface area contributed by atoms with Gasteiger partial charge in [-0.05, 0) is 97.8 Å². The van der Waals surface area contributed by atoms with Gasteiger partial charge in [-0.1, -0.05) is 44.0 Å². The van der Waals surface area contributed by atoms with Gasteiger partial charge in [0.25, 0.3) is 0 Å². The zero-order valence-corrected chi connectivity index (χ0v) is 28.6. The quantitative estimate of drug-likeness (QED) is 0.178. The molecular formula is C34H32Br2O10. The van der Waals surface area contributed by atoms with Gasteiger partial charge in [0.15, 0.2) is 11.6 Å². The first-order valence-corrected chi connectivity index (χ1v) is 16.2. The van der Waals surface area contributed by atoms with Crippen molar-refractivity contribution in [1.29, 1.82) is 0 Å². The van der Waals surface area contributed by atoms with E-state index in [1.807, 2.05) is 36.4 Å². The maximum absolute atomic E-state index is 12.1. The number of benzene rings is 4. The van der Waals surface area contributed by atoms with Crippen LogP contribution < -0.4 is 9.47 Å². The van der Waals surface area contributed by atoms with E-state index in [4.69, 9.17) is 28.4 Å². The molecule has 2 fully saturated rings. The first kappa shape index (κ1) is 32.7. The second-order valence-corrected chi connectivity index (χ2v) is 14.0. The van der Waals surface area contributed by atoms with Crippen molar-refractivity contribution in [2.24, 2.45) is 0 Å². The molecule has 2 aliphatic heterocycles. The number of ether oxygens (including phenoxy) is 6. The van der Waals surface area contributed by atoms with Crippen LogP contribution in [0.25, 0.3) is 21.5 Å². The summed E-state index contributed by atoms with van der Waals surface area (Å²) in [5.74, 6) is -3.86. The Hall–Kier alpha value is -3.26. The van der Waals surface area contributed by atoms with E-state index in [0.29, 0.717) is 0 Å². The lowest BCUT2D eigenvalue weighted by molar-refractivity contribution is -0.175. The van der Waals surface area contributed by atoms with Crippen LogP contribution in [0.15, 0.2) is 69.6 Å². The second-order valence-electron chi connectivity index (χ2n) is 12.2. The first-order chi connectivity index (χ1) is 21.7. The van der Waals surface area contributed by atoms with Crippen molar-refractivity contribution >= 4 is 65.3 Å². The third-order valence-electron chi connectivity index (χ3n) is 7.84. The molecule has 4 atom stereocenters. The number of carboxylic acids is 2. The molecule has 0 saturated carbocycles. The van der Waals surface area contributed by atoms with E-state index in [-0.39, 0.29) is 35.8 Å². The van der Waals surface area contributed by atoms with Gasteiger partial charge in [-0.25, -0.2) is 9.59 Å². The fraction of sp³-hybridized carbons (Fsp3) is 0.353. The molecule has 0 radical (unpaired) electrons. The third-order valence-corrected chi connectivity index (χ3v) is 8.82. The highest BCUT2D eigenvalue weighted by atomic mass is 79.9. The molecule has 0 bridgehead atoms. The summed E-state index contributed by atoms with van der Waals surface area (Å²) in [5.41, 5.74) is 0.0373. The molecule has 2 N–H and O–H groups in total. The molecule has 0 spiro atoms. The van der Waals surface area contributed by atoms with Crippen molar-refractivity contribution < 1.29 is 48.2 Å². The largest absolute Gasteiger partial charge is 0.490 e. The minimum atomic E-state index is -1.12. The molecule has 242 valence electrons. The highest BCUT2D eigenvalue weighted by Crippen LogP contribution is 2.40. The first-order valence-electron chi connectivity index (χ1n) is 14.6. The van der Waals surface area contributed by atoms with Crippen LogP contribution in [0, 0.1) is 0 Å². The molecule has 10 nitrogen and oxygen atoms in total. The van der Waals surface area contributed by atoms with Crippen LogP contribution in [0.5, 0.6) is 11.5 Å². The molecule has 0 unspecified atom stereocenters. The van der Waals surface area contributed by atoms with Crippen molar-refractivity contribution in [3.63, 3.8) is 0 Å². The number of hydrogen-bond acceptors (Lipinski definition) is 8. The zero-order chi connectivity index (χ0) is 33.0. The minimum absolute atomic E-state index is 0.0187. The maximum atomic E-state index is 12.1. The van der Waals surface area contributed by atoms with Gasteiger partial charge in [-0.2, -0.15) is 0 Å². The van der Waals surface area contributed by atoms with Crippen LogP contribution in [0.1, 0.15) is 48.4 Å². The van der Waals surface area contributed by atoms with Crippen LogP contribution in [0.4, 0.5) is 0 Å². The highest BCUT2D eigenvalue weighted by molar-refractivity contribution is 9.10. The van der Waals surface area contributed by atoms with Gasteiger partial charge < -0.3 is 38.6 Å². The molecule has 2 aliphatic rings. The van der Waals surface area contributed by atoms with Gasteiger partial charge in [0.05, 0.1) is 0 Å². The summed E-state index contributed by atoms with van der Waals surface area (Å²) < 4.78 is 39.0. The molecule has 0 amide bonds. The fourth-order valence-electron chi connectivity index (χ4n) is 5.95. The number of aromatic carboxylic acids is 2. The lowest BCUT2D eigenvalue weighted by Crippen LogP contribution is -2.45. The summed E-state index contributed by atoms with van der Waals surface area (Å²) in [7, 11) is 0. The standard InChI is InChI=1S/C34H32Br2O10/c1-33(2)43-27(15-41-25-13-17-5-7-21(35)9-19(17)11-23(25)31(37)38)29(45-33)30-28(44-34(3,4)46-30)16-42-26-14-18-6-8-22(36)10-20(18)12-24(26)32(39)40/h5-14,27-30H,15-16H2,1-4H3,(H,37,38)(H,39,40)/t27-,28+,29+,30-. The lowest BCUT2D eigenvalue weighted by Gasteiger charge is -2.26. The molecule has 0 aliphatic carbocycles. The molecule has 4 aromatic rings. The monoisotopic (exact) mass is 758 g/mol. The molecule has 46 heavy (non-hydrogen) atoms. The van der Waals surface area contributed by atoms with Crippen molar-refractivity contribution in [2.45, 2.75) is 63.7 Å². The Bertz CT molecular complexity index is 1710. The van der Waals surface area contributed by atoms with E-state index < -0.39 is 47.9 Å². The smallest absolute Gasteiger partial charge is 0.339 e. The van der Waals surface area contributed by atoms with E-state index in [0.717, 1.165) is 30.5 Å². The lowest BCUT2D eigenvalue weighted by atomic mass is 10.0. The van der Waals surface area contributed by atoms with E-state index >= 15 is 0 Å². The van der Waals surface area contributed by atoms with Crippen LogP contribution >= 0.6 is 31.9 Å². The Morgan fingerprint density at radius 2 is 1.02 bits per heavy atom. The van der Waals surface area contributed by atoms with E-state index in [2.05, 4.69) is 31.9 Å². The van der Waals surface area contributed by atoms with Crippen LogP contribution in [0.3, 0.4) is 0 Å². The number of halogens is 2. The number of fused-ring (bicyclic) bond motifs is 2. The Labute approximate surface area is 281 Å². The van der Waals surface area contributed by atoms with Gasteiger partial charge in [0.1, 0.15) is 60.3 Å². The normalized spacial score (nSPS) is 23.5. The third kappa shape index (κ3) is 6.87. The van der Waals surface area contributed by atoms with Crippen molar-refractivity contribution in [1.82, 2.24) is 0 Å². The van der Waals surface area contributed by atoms with E-state index in [1.54, 1.807) is 52.0 Å². The predicted molar refractivity (Wildman–Crippen MR) is 176 cm³/mol. The fourth-order valence-corrected chi connectivity index (χ4v) is 6.71. The average Bonchev–Trinajstić information content (AvgIpc) is 3.46. The van der Waals surface area contributed by atoms with Crippen molar-refractivity contribution in [3.8, 4) is 11.5 Å². The minimum Gasteiger partial charge on any atom is -0.490 e. The topological polar surface area (TPSA) is 130 Å².